The Morgan fingerprint density at radius 1 is 1.25 bits per heavy atom. The van der Waals surface area contributed by atoms with E-state index < -0.39 is 0 Å². The predicted octanol–water partition coefficient (Wildman–Crippen LogP) is 3.37. The van der Waals surface area contributed by atoms with Crippen LogP contribution in [0.1, 0.15) is 5.56 Å². The predicted molar refractivity (Wildman–Crippen MR) is 50.6 cm³/mol. The molecule has 64 valence electrons. The van der Waals surface area contributed by atoms with E-state index in [2.05, 4.69) is 5.16 Å². The van der Waals surface area contributed by atoms with Gasteiger partial charge in [-0.15, -0.1) is 0 Å². The van der Waals surface area contributed by atoms with Gasteiger partial charge in [0.2, 0.25) is 0 Å². The smallest absolute Gasteiger partial charge is 0.178 e. The highest BCUT2D eigenvalue weighted by atomic mass is 35.5. The van der Waals surface area contributed by atoms with Gasteiger partial charge in [0.15, 0.2) is 5.17 Å². The van der Waals surface area contributed by atoms with Gasteiger partial charge in [-0.1, -0.05) is 46.0 Å². The SMILES string of the molecule is O/N=C(/Cl)c1c(Cl)cccc1Cl. The van der Waals surface area contributed by atoms with Crippen LogP contribution in [0, 0.1) is 0 Å². The number of rotatable bonds is 1. The van der Waals surface area contributed by atoms with Crippen LogP contribution in [0.3, 0.4) is 0 Å². The quantitative estimate of drug-likeness (QED) is 0.443. The minimum absolute atomic E-state index is 0.120. The molecule has 1 aromatic rings. The highest BCUT2D eigenvalue weighted by Gasteiger charge is 2.09. The second kappa shape index (κ2) is 3.99. The van der Waals surface area contributed by atoms with Crippen LogP contribution in [0.15, 0.2) is 23.4 Å². The molecule has 0 heterocycles. The van der Waals surface area contributed by atoms with Crippen LogP contribution in [-0.2, 0) is 0 Å². The molecule has 0 aliphatic heterocycles. The van der Waals surface area contributed by atoms with E-state index in [0.29, 0.717) is 15.6 Å². The molecule has 0 spiro atoms. The average molecular weight is 224 g/mol. The number of oxime groups is 1. The first kappa shape index (κ1) is 9.65. The van der Waals surface area contributed by atoms with Crippen molar-refractivity contribution in [3.8, 4) is 0 Å². The summed E-state index contributed by atoms with van der Waals surface area (Å²) in [7, 11) is 0. The Hall–Kier alpha value is -0.440. The van der Waals surface area contributed by atoms with Gasteiger partial charge in [0.25, 0.3) is 0 Å². The Bertz CT molecular complexity index is 304. The molecule has 0 radical (unpaired) electrons. The molecule has 0 atom stereocenters. The molecule has 0 aliphatic carbocycles. The van der Waals surface area contributed by atoms with E-state index >= 15 is 0 Å². The van der Waals surface area contributed by atoms with Crippen molar-refractivity contribution >= 4 is 40.0 Å². The molecule has 1 N–H and O–H groups in total. The van der Waals surface area contributed by atoms with E-state index in [9.17, 15) is 0 Å². The minimum Gasteiger partial charge on any atom is -0.410 e. The number of hydrogen-bond donors (Lipinski definition) is 1. The molecule has 5 heteroatoms. The van der Waals surface area contributed by atoms with E-state index in [0.717, 1.165) is 0 Å². The van der Waals surface area contributed by atoms with Crippen molar-refractivity contribution in [2.45, 2.75) is 0 Å². The summed E-state index contributed by atoms with van der Waals surface area (Å²) < 4.78 is 0. The average Bonchev–Trinajstić information content (AvgIpc) is 2.03. The Morgan fingerprint density at radius 2 is 1.75 bits per heavy atom. The Morgan fingerprint density at radius 3 is 2.17 bits per heavy atom. The maximum absolute atomic E-state index is 8.38. The van der Waals surface area contributed by atoms with E-state index in [4.69, 9.17) is 40.0 Å². The lowest BCUT2D eigenvalue weighted by atomic mass is 10.2. The molecule has 0 saturated carbocycles. The Kier molecular flexibility index (Phi) is 3.20. The third kappa shape index (κ3) is 1.83. The fourth-order valence-electron chi connectivity index (χ4n) is 0.745. The summed E-state index contributed by atoms with van der Waals surface area (Å²) in [4.78, 5) is 0. The minimum atomic E-state index is -0.120. The molecular weight excluding hydrogens is 220 g/mol. The molecule has 1 aromatic carbocycles. The van der Waals surface area contributed by atoms with E-state index in [1.807, 2.05) is 0 Å². The van der Waals surface area contributed by atoms with Crippen LogP contribution in [-0.4, -0.2) is 10.4 Å². The number of benzene rings is 1. The first-order chi connectivity index (χ1) is 5.66. The largest absolute Gasteiger partial charge is 0.410 e. The maximum Gasteiger partial charge on any atom is 0.178 e. The van der Waals surface area contributed by atoms with E-state index in [-0.39, 0.29) is 5.17 Å². The molecule has 1 rings (SSSR count). The summed E-state index contributed by atoms with van der Waals surface area (Å²) in [6, 6.07) is 4.89. The summed E-state index contributed by atoms with van der Waals surface area (Å²) >= 11 is 17.0. The normalized spacial score (nSPS) is 11.8. The Balaban J connectivity index is 3.31. The third-order valence-electron chi connectivity index (χ3n) is 1.26. The number of nitrogens with zero attached hydrogens (tertiary/aromatic N) is 1. The monoisotopic (exact) mass is 223 g/mol. The number of hydrogen-bond acceptors (Lipinski definition) is 2. The van der Waals surface area contributed by atoms with Crippen molar-refractivity contribution in [3.63, 3.8) is 0 Å². The van der Waals surface area contributed by atoms with Crippen LogP contribution < -0.4 is 0 Å². The number of halogens is 3. The van der Waals surface area contributed by atoms with Gasteiger partial charge < -0.3 is 5.21 Å². The maximum atomic E-state index is 8.38. The molecule has 0 unspecified atom stereocenters. The molecule has 0 amide bonds. The fraction of sp³-hybridized carbons (Fsp3) is 0. The lowest BCUT2D eigenvalue weighted by Crippen LogP contribution is -1.93. The molecule has 0 aromatic heterocycles. The highest BCUT2D eigenvalue weighted by Crippen LogP contribution is 2.25. The van der Waals surface area contributed by atoms with Gasteiger partial charge in [-0.2, -0.15) is 0 Å². The van der Waals surface area contributed by atoms with Crippen molar-refractivity contribution in [3.05, 3.63) is 33.8 Å². The van der Waals surface area contributed by atoms with Crippen LogP contribution in [0.5, 0.6) is 0 Å². The molecule has 2 nitrogen and oxygen atoms in total. The second-order valence-corrected chi connectivity index (χ2v) is 3.16. The third-order valence-corrected chi connectivity index (χ3v) is 2.15. The summed E-state index contributed by atoms with van der Waals surface area (Å²) in [5, 5.41) is 11.8. The molecular formula is C7H4Cl3NO. The van der Waals surface area contributed by atoms with E-state index in [1.54, 1.807) is 18.2 Å². The molecule has 12 heavy (non-hydrogen) atoms. The van der Waals surface area contributed by atoms with Crippen molar-refractivity contribution in [2.75, 3.05) is 0 Å². The van der Waals surface area contributed by atoms with Crippen LogP contribution in [0.2, 0.25) is 10.0 Å². The molecule has 0 aliphatic rings. The highest BCUT2D eigenvalue weighted by molar-refractivity contribution is 6.71. The van der Waals surface area contributed by atoms with E-state index in [1.165, 1.54) is 0 Å². The topological polar surface area (TPSA) is 32.6 Å². The van der Waals surface area contributed by atoms with Crippen LogP contribution >= 0.6 is 34.8 Å². The Labute approximate surface area is 84.3 Å². The summed E-state index contributed by atoms with van der Waals surface area (Å²) in [6.07, 6.45) is 0. The second-order valence-electron chi connectivity index (χ2n) is 1.99. The van der Waals surface area contributed by atoms with Crippen molar-refractivity contribution < 1.29 is 5.21 Å². The fourth-order valence-corrected chi connectivity index (χ4v) is 1.62. The lowest BCUT2D eigenvalue weighted by molar-refractivity contribution is 0.321. The zero-order valence-corrected chi connectivity index (χ0v) is 8.03. The zero-order valence-electron chi connectivity index (χ0n) is 5.76. The van der Waals surface area contributed by atoms with Gasteiger partial charge >= 0.3 is 0 Å². The van der Waals surface area contributed by atoms with Crippen LogP contribution in [0.4, 0.5) is 0 Å². The van der Waals surface area contributed by atoms with Gasteiger partial charge in [-0.05, 0) is 12.1 Å². The van der Waals surface area contributed by atoms with Crippen molar-refractivity contribution in [1.82, 2.24) is 0 Å². The van der Waals surface area contributed by atoms with Gasteiger partial charge in [0.05, 0.1) is 15.6 Å². The van der Waals surface area contributed by atoms with Crippen molar-refractivity contribution in [1.29, 1.82) is 0 Å². The lowest BCUT2D eigenvalue weighted by Gasteiger charge is -2.01. The first-order valence-corrected chi connectivity index (χ1v) is 4.12. The standard InChI is InChI=1S/C7H4Cl3NO/c8-4-2-1-3-5(9)6(4)7(10)11-12/h1-3,12H/b11-7+. The molecule has 0 bridgehead atoms. The van der Waals surface area contributed by atoms with Gasteiger partial charge in [-0.3, -0.25) is 0 Å². The van der Waals surface area contributed by atoms with Gasteiger partial charge in [0, 0.05) is 0 Å². The molecule has 0 fully saturated rings. The van der Waals surface area contributed by atoms with Crippen LogP contribution in [0.25, 0.3) is 0 Å². The van der Waals surface area contributed by atoms with Gasteiger partial charge in [0.1, 0.15) is 0 Å². The molecule has 0 saturated heterocycles. The zero-order chi connectivity index (χ0) is 9.14. The summed E-state index contributed by atoms with van der Waals surface area (Å²) in [5.41, 5.74) is 0.338. The first-order valence-electron chi connectivity index (χ1n) is 2.98. The summed E-state index contributed by atoms with van der Waals surface area (Å²) in [6.45, 7) is 0. The summed E-state index contributed by atoms with van der Waals surface area (Å²) in [5.74, 6) is 0. The van der Waals surface area contributed by atoms with Crippen molar-refractivity contribution in [2.24, 2.45) is 5.16 Å². The van der Waals surface area contributed by atoms with Gasteiger partial charge in [-0.25, -0.2) is 0 Å².